The Kier molecular flexibility index (Phi) is 5.31. The highest BCUT2D eigenvalue weighted by molar-refractivity contribution is 5.95. The van der Waals surface area contributed by atoms with Gasteiger partial charge >= 0.3 is 5.97 Å². The van der Waals surface area contributed by atoms with Crippen LogP contribution in [0.5, 0.6) is 0 Å². The molecule has 0 spiro atoms. The average Bonchev–Trinajstić information content (AvgIpc) is 2.50. The Morgan fingerprint density at radius 3 is 2.62 bits per heavy atom. The molecule has 0 saturated heterocycles. The van der Waals surface area contributed by atoms with Crippen LogP contribution in [0.2, 0.25) is 0 Å². The maximum absolute atomic E-state index is 12.0. The topological polar surface area (TPSA) is 58.6 Å². The molecule has 112 valence electrons. The van der Waals surface area contributed by atoms with Crippen LogP contribution in [-0.2, 0) is 4.74 Å². The highest BCUT2D eigenvalue weighted by atomic mass is 16.5. The van der Waals surface area contributed by atoms with Gasteiger partial charge in [-0.25, -0.2) is 4.79 Å². The van der Waals surface area contributed by atoms with Crippen molar-refractivity contribution in [3.05, 3.63) is 48.0 Å². The lowest BCUT2D eigenvalue weighted by atomic mass is 10.1. The lowest BCUT2D eigenvalue weighted by Crippen LogP contribution is -2.35. The molecule has 2 aromatic rings. The number of rotatable bonds is 6. The zero-order chi connectivity index (χ0) is 15.2. The van der Waals surface area contributed by atoms with Crippen molar-refractivity contribution < 1.29 is 14.6 Å². The van der Waals surface area contributed by atoms with Gasteiger partial charge < -0.3 is 15.2 Å². The van der Waals surface area contributed by atoms with E-state index in [0.717, 1.165) is 10.8 Å². The smallest absolute Gasteiger partial charge is 0.338 e. The van der Waals surface area contributed by atoms with E-state index in [1.807, 2.05) is 44.2 Å². The summed E-state index contributed by atoms with van der Waals surface area (Å²) in [6.07, 6.45) is -0.697. The summed E-state index contributed by atoms with van der Waals surface area (Å²) in [5.74, 6) is -0.413. The molecule has 0 aliphatic heterocycles. The van der Waals surface area contributed by atoms with Crippen LogP contribution in [0.4, 0.5) is 0 Å². The van der Waals surface area contributed by atoms with Crippen LogP contribution in [-0.4, -0.2) is 36.4 Å². The molecule has 2 N–H and O–H groups in total. The van der Waals surface area contributed by atoms with Crippen molar-refractivity contribution in [2.75, 3.05) is 13.2 Å². The highest BCUT2D eigenvalue weighted by Crippen LogP contribution is 2.16. The van der Waals surface area contributed by atoms with Crippen molar-refractivity contribution in [2.24, 2.45) is 0 Å². The number of benzene rings is 2. The van der Waals surface area contributed by atoms with Crippen LogP contribution < -0.4 is 5.32 Å². The Bertz CT molecular complexity index is 610. The number of hydrogen-bond donors (Lipinski definition) is 2. The molecule has 0 aromatic heterocycles. The lowest BCUT2D eigenvalue weighted by Gasteiger charge is -2.14. The van der Waals surface area contributed by atoms with Gasteiger partial charge in [0.05, 0.1) is 5.56 Å². The number of esters is 1. The van der Waals surface area contributed by atoms with Crippen LogP contribution >= 0.6 is 0 Å². The monoisotopic (exact) mass is 287 g/mol. The van der Waals surface area contributed by atoms with Crippen LogP contribution in [0.15, 0.2) is 42.5 Å². The van der Waals surface area contributed by atoms with Gasteiger partial charge in [0, 0.05) is 12.6 Å². The number of nitrogens with one attached hydrogen (secondary N) is 1. The molecule has 0 unspecified atom stereocenters. The maximum atomic E-state index is 12.0. The second kappa shape index (κ2) is 7.20. The fourth-order valence-electron chi connectivity index (χ4n) is 2.00. The van der Waals surface area contributed by atoms with E-state index in [1.54, 1.807) is 12.1 Å². The predicted molar refractivity (Wildman–Crippen MR) is 83.4 cm³/mol. The van der Waals surface area contributed by atoms with Gasteiger partial charge in [0.2, 0.25) is 0 Å². The third kappa shape index (κ3) is 4.55. The van der Waals surface area contributed by atoms with Crippen molar-refractivity contribution in [1.82, 2.24) is 5.32 Å². The van der Waals surface area contributed by atoms with Gasteiger partial charge in [-0.15, -0.1) is 0 Å². The molecule has 2 aromatic carbocycles. The molecule has 0 amide bonds. The van der Waals surface area contributed by atoms with Gasteiger partial charge in [-0.2, -0.15) is 0 Å². The van der Waals surface area contributed by atoms with Gasteiger partial charge in [-0.05, 0) is 22.9 Å². The van der Waals surface area contributed by atoms with E-state index in [4.69, 9.17) is 4.74 Å². The molecule has 4 nitrogen and oxygen atoms in total. The van der Waals surface area contributed by atoms with Gasteiger partial charge in [-0.1, -0.05) is 44.2 Å². The van der Waals surface area contributed by atoms with Gasteiger partial charge in [0.15, 0.2) is 0 Å². The van der Waals surface area contributed by atoms with E-state index in [-0.39, 0.29) is 12.6 Å². The largest absolute Gasteiger partial charge is 0.459 e. The third-order valence-electron chi connectivity index (χ3n) is 3.15. The Morgan fingerprint density at radius 1 is 1.19 bits per heavy atom. The molecule has 0 bridgehead atoms. The number of carbonyl (C=O) groups is 1. The van der Waals surface area contributed by atoms with Crippen molar-refractivity contribution in [1.29, 1.82) is 0 Å². The predicted octanol–water partition coefficient (Wildman–Crippen LogP) is 2.36. The molecule has 0 aliphatic carbocycles. The Hall–Kier alpha value is -1.91. The minimum absolute atomic E-state index is 0.00855. The summed E-state index contributed by atoms with van der Waals surface area (Å²) in [5, 5.41) is 14.9. The molecule has 4 heteroatoms. The zero-order valence-electron chi connectivity index (χ0n) is 12.4. The number of aliphatic hydroxyl groups is 1. The summed E-state index contributed by atoms with van der Waals surface area (Å²) in [7, 11) is 0. The van der Waals surface area contributed by atoms with Crippen LogP contribution in [0.3, 0.4) is 0 Å². The molecule has 2 rings (SSSR count). The van der Waals surface area contributed by atoms with Gasteiger partial charge in [0.25, 0.3) is 0 Å². The SMILES string of the molecule is CC(C)NC[C@H](O)COC(=O)c1ccc2ccccc2c1. The first-order valence-corrected chi connectivity index (χ1v) is 7.13. The van der Waals surface area contributed by atoms with E-state index in [1.165, 1.54) is 0 Å². The quantitative estimate of drug-likeness (QED) is 0.801. The average molecular weight is 287 g/mol. The van der Waals surface area contributed by atoms with Gasteiger partial charge in [-0.3, -0.25) is 0 Å². The molecular formula is C17H21NO3. The van der Waals surface area contributed by atoms with Gasteiger partial charge in [0.1, 0.15) is 12.7 Å². The normalized spacial score (nSPS) is 12.6. The van der Waals surface area contributed by atoms with E-state index >= 15 is 0 Å². The minimum Gasteiger partial charge on any atom is -0.459 e. The minimum atomic E-state index is -0.697. The van der Waals surface area contributed by atoms with Crippen molar-refractivity contribution in [3.63, 3.8) is 0 Å². The first-order chi connectivity index (χ1) is 10.1. The molecule has 21 heavy (non-hydrogen) atoms. The molecule has 0 fully saturated rings. The molecule has 0 heterocycles. The van der Waals surface area contributed by atoms with Crippen LogP contribution in [0.25, 0.3) is 10.8 Å². The summed E-state index contributed by atoms with van der Waals surface area (Å²) in [6.45, 7) is 4.38. The first-order valence-electron chi connectivity index (χ1n) is 7.13. The second-order valence-corrected chi connectivity index (χ2v) is 5.38. The number of ether oxygens (including phenoxy) is 1. The number of hydrogen-bond acceptors (Lipinski definition) is 4. The lowest BCUT2D eigenvalue weighted by molar-refractivity contribution is 0.0256. The second-order valence-electron chi connectivity index (χ2n) is 5.38. The first kappa shape index (κ1) is 15.5. The van der Waals surface area contributed by atoms with Crippen molar-refractivity contribution in [3.8, 4) is 0 Å². The Morgan fingerprint density at radius 2 is 1.90 bits per heavy atom. The molecule has 1 atom stereocenters. The van der Waals surface area contributed by atoms with Crippen LogP contribution in [0.1, 0.15) is 24.2 Å². The summed E-state index contributed by atoms with van der Waals surface area (Å²) in [5.41, 5.74) is 0.498. The summed E-state index contributed by atoms with van der Waals surface area (Å²) >= 11 is 0. The fraction of sp³-hybridized carbons (Fsp3) is 0.353. The fourth-order valence-corrected chi connectivity index (χ4v) is 2.00. The maximum Gasteiger partial charge on any atom is 0.338 e. The van der Waals surface area contributed by atoms with Crippen molar-refractivity contribution in [2.45, 2.75) is 26.0 Å². The number of aliphatic hydroxyl groups excluding tert-OH is 1. The standard InChI is InChI=1S/C17H21NO3/c1-12(2)18-10-16(19)11-21-17(20)15-8-7-13-5-3-4-6-14(13)9-15/h3-9,12,16,18-19H,10-11H2,1-2H3/t16-/m0/s1. The van der Waals surface area contributed by atoms with Crippen LogP contribution in [0, 0.1) is 0 Å². The van der Waals surface area contributed by atoms with E-state index in [2.05, 4.69) is 5.32 Å². The molecule has 0 aliphatic rings. The van der Waals surface area contributed by atoms with Crippen molar-refractivity contribution >= 4 is 16.7 Å². The number of carbonyl (C=O) groups excluding carboxylic acids is 1. The molecule has 0 radical (unpaired) electrons. The van der Waals surface area contributed by atoms with E-state index in [0.29, 0.717) is 12.1 Å². The zero-order valence-corrected chi connectivity index (χ0v) is 12.4. The Balaban J connectivity index is 1.92. The highest BCUT2D eigenvalue weighted by Gasteiger charge is 2.11. The summed E-state index contributed by atoms with van der Waals surface area (Å²) < 4.78 is 5.14. The van der Waals surface area contributed by atoms with E-state index in [9.17, 15) is 9.90 Å². The number of fused-ring (bicyclic) bond motifs is 1. The molecule has 0 saturated carbocycles. The van der Waals surface area contributed by atoms with E-state index < -0.39 is 12.1 Å². The third-order valence-corrected chi connectivity index (χ3v) is 3.15. The summed E-state index contributed by atoms with van der Waals surface area (Å²) in [4.78, 5) is 12.0. The summed E-state index contributed by atoms with van der Waals surface area (Å²) in [6, 6.07) is 13.6. The molecular weight excluding hydrogens is 266 g/mol. The Labute approximate surface area is 124 Å².